The van der Waals surface area contributed by atoms with Gasteiger partial charge >= 0.3 is 0 Å². The normalized spacial score (nSPS) is 15.0. The lowest BCUT2D eigenvalue weighted by Crippen LogP contribution is -2.33. The lowest BCUT2D eigenvalue weighted by Gasteiger charge is -2.16. The van der Waals surface area contributed by atoms with Crippen LogP contribution in [0.15, 0.2) is 53.3 Å². The van der Waals surface area contributed by atoms with Crippen molar-refractivity contribution < 1.29 is 4.79 Å². The van der Waals surface area contributed by atoms with Gasteiger partial charge in [-0.05, 0) is 19.4 Å². The van der Waals surface area contributed by atoms with Crippen molar-refractivity contribution in [3.05, 3.63) is 74.5 Å². The van der Waals surface area contributed by atoms with Crippen molar-refractivity contribution in [1.82, 2.24) is 14.6 Å². The molecule has 0 atom stereocenters. The zero-order chi connectivity index (χ0) is 22.9. The highest BCUT2D eigenvalue weighted by atomic mass is 32.1. The maximum Gasteiger partial charge on any atom is 0.291 e. The largest absolute Gasteiger partial charge is 0.308 e. The average molecular weight is 459 g/mol. The zero-order valence-electron chi connectivity index (χ0n) is 18.9. The third-order valence-corrected chi connectivity index (χ3v) is 7.13. The van der Waals surface area contributed by atoms with Crippen LogP contribution < -0.4 is 15.0 Å². The van der Waals surface area contributed by atoms with Crippen LogP contribution in [0, 0.1) is 6.92 Å². The number of thiazole rings is 1. The van der Waals surface area contributed by atoms with E-state index >= 15 is 0 Å². The molecule has 2 aromatic heterocycles. The van der Waals surface area contributed by atoms with E-state index in [-0.39, 0.29) is 11.5 Å². The summed E-state index contributed by atoms with van der Waals surface area (Å²) < 4.78 is 1.73. The molecular weight excluding hydrogens is 432 g/mol. The summed E-state index contributed by atoms with van der Waals surface area (Å²) in [5.41, 5.74) is 3.89. The summed E-state index contributed by atoms with van der Waals surface area (Å²) in [7, 11) is 0. The van der Waals surface area contributed by atoms with Gasteiger partial charge in [-0.3, -0.25) is 9.59 Å². The van der Waals surface area contributed by atoms with Crippen molar-refractivity contribution in [1.29, 1.82) is 0 Å². The fourth-order valence-electron chi connectivity index (χ4n) is 4.31. The Kier molecular flexibility index (Phi) is 5.81. The number of carbonyl (C=O) groups is 1. The van der Waals surface area contributed by atoms with Crippen LogP contribution in [0.2, 0.25) is 0 Å². The maximum atomic E-state index is 13.5. The Morgan fingerprint density at radius 1 is 0.939 bits per heavy atom. The van der Waals surface area contributed by atoms with Crippen LogP contribution in [0.25, 0.3) is 21.9 Å². The van der Waals surface area contributed by atoms with E-state index in [4.69, 9.17) is 0 Å². The second kappa shape index (κ2) is 8.90. The second-order valence-electron chi connectivity index (χ2n) is 8.50. The number of nitrogens with zero attached hydrogens (tertiary/aromatic N) is 4. The fourth-order valence-corrected chi connectivity index (χ4v) is 5.30. The summed E-state index contributed by atoms with van der Waals surface area (Å²) in [4.78, 5) is 33.6. The first-order valence-corrected chi connectivity index (χ1v) is 12.3. The van der Waals surface area contributed by atoms with Crippen LogP contribution in [0.1, 0.15) is 50.2 Å². The number of benzene rings is 2. The molecule has 0 bridgehead atoms. The smallest absolute Gasteiger partial charge is 0.291 e. The Hall–Kier alpha value is -3.32. The lowest BCUT2D eigenvalue weighted by molar-refractivity contribution is -0.113. The van der Waals surface area contributed by atoms with Gasteiger partial charge in [-0.1, -0.05) is 92.0 Å². The van der Waals surface area contributed by atoms with Crippen molar-refractivity contribution >= 4 is 33.5 Å². The van der Waals surface area contributed by atoms with Gasteiger partial charge in [0.15, 0.2) is 5.82 Å². The van der Waals surface area contributed by atoms with Crippen LogP contribution in [0.5, 0.6) is 0 Å². The van der Waals surface area contributed by atoms with E-state index < -0.39 is 0 Å². The summed E-state index contributed by atoms with van der Waals surface area (Å²) in [5, 5.41) is 4.45. The van der Waals surface area contributed by atoms with Gasteiger partial charge in [0.2, 0.25) is 4.96 Å². The van der Waals surface area contributed by atoms with E-state index in [1.165, 1.54) is 35.1 Å². The SMILES string of the molecule is CCCCCCCN1C(=O)/C(=c2\sc3nc(-c4ccc(C)cc4)nn3c2=O)c2ccccc21. The van der Waals surface area contributed by atoms with E-state index in [9.17, 15) is 9.59 Å². The fraction of sp³-hybridized carbons (Fsp3) is 0.308. The Morgan fingerprint density at radius 2 is 1.70 bits per heavy atom. The van der Waals surface area contributed by atoms with Gasteiger partial charge in [-0.15, -0.1) is 5.10 Å². The molecule has 0 N–H and O–H groups in total. The lowest BCUT2D eigenvalue weighted by atomic mass is 10.1. The van der Waals surface area contributed by atoms with Crippen LogP contribution in [0.3, 0.4) is 0 Å². The number of amides is 1. The van der Waals surface area contributed by atoms with Crippen molar-refractivity contribution in [2.75, 3.05) is 11.4 Å². The molecule has 4 aromatic rings. The number of para-hydroxylation sites is 1. The van der Waals surface area contributed by atoms with Crippen LogP contribution in [0.4, 0.5) is 5.69 Å². The number of aryl methyl sites for hydroxylation is 1. The molecule has 3 heterocycles. The standard InChI is InChI=1S/C26H26N4O2S/c1-3-4-5-6-9-16-29-20-11-8-7-10-19(20)21(24(29)31)22-25(32)30-26(33-22)27-23(28-30)18-14-12-17(2)13-15-18/h7-8,10-15H,3-6,9,16H2,1-2H3/b22-21-. The summed E-state index contributed by atoms with van der Waals surface area (Å²) in [5.74, 6) is 0.411. The van der Waals surface area contributed by atoms with Gasteiger partial charge in [-0.2, -0.15) is 9.50 Å². The molecule has 0 fully saturated rings. The minimum absolute atomic E-state index is 0.105. The molecule has 1 amide bonds. The Balaban J connectivity index is 1.54. The Morgan fingerprint density at radius 3 is 2.45 bits per heavy atom. The predicted octanol–water partition coefficient (Wildman–Crippen LogP) is 4.36. The Bertz CT molecular complexity index is 1440. The molecular formula is C26H26N4O2S. The molecule has 1 aliphatic heterocycles. The average Bonchev–Trinajstić information content (AvgIpc) is 3.45. The molecule has 0 radical (unpaired) electrons. The molecule has 1 aliphatic rings. The first-order valence-electron chi connectivity index (χ1n) is 11.5. The summed E-state index contributed by atoms with van der Waals surface area (Å²) in [6, 6.07) is 15.6. The number of hydrogen-bond acceptors (Lipinski definition) is 5. The van der Waals surface area contributed by atoms with E-state index in [0.717, 1.165) is 35.2 Å². The van der Waals surface area contributed by atoms with Crippen molar-refractivity contribution in [2.45, 2.75) is 46.0 Å². The number of anilines is 1. The molecule has 5 rings (SSSR count). The van der Waals surface area contributed by atoms with Crippen LogP contribution in [-0.2, 0) is 4.79 Å². The number of rotatable bonds is 7. The van der Waals surface area contributed by atoms with Gasteiger partial charge in [-0.25, -0.2) is 0 Å². The summed E-state index contributed by atoms with van der Waals surface area (Å²) in [6.07, 6.45) is 5.63. The van der Waals surface area contributed by atoms with Crippen molar-refractivity contribution in [3.8, 4) is 11.4 Å². The van der Waals surface area contributed by atoms with Crippen molar-refractivity contribution in [3.63, 3.8) is 0 Å². The molecule has 0 unspecified atom stereocenters. The van der Waals surface area contributed by atoms with E-state index in [1.807, 2.05) is 60.4 Å². The molecule has 168 valence electrons. The minimum Gasteiger partial charge on any atom is -0.308 e. The van der Waals surface area contributed by atoms with Gasteiger partial charge in [0.05, 0.1) is 11.3 Å². The highest BCUT2D eigenvalue weighted by molar-refractivity contribution is 7.15. The molecule has 0 aliphatic carbocycles. The van der Waals surface area contributed by atoms with Crippen LogP contribution >= 0.6 is 11.3 Å². The van der Waals surface area contributed by atoms with Gasteiger partial charge in [0.1, 0.15) is 4.53 Å². The molecule has 33 heavy (non-hydrogen) atoms. The first-order chi connectivity index (χ1) is 16.1. The highest BCUT2D eigenvalue weighted by Crippen LogP contribution is 2.35. The topological polar surface area (TPSA) is 67.6 Å². The maximum absolute atomic E-state index is 13.5. The second-order valence-corrected chi connectivity index (χ2v) is 9.47. The molecule has 2 aromatic carbocycles. The quantitative estimate of drug-likeness (QED) is 0.386. The molecule has 0 saturated carbocycles. The highest BCUT2D eigenvalue weighted by Gasteiger charge is 2.33. The van der Waals surface area contributed by atoms with E-state index in [1.54, 1.807) is 0 Å². The Labute approximate surface area is 196 Å². The first kappa shape index (κ1) is 21.5. The van der Waals surface area contributed by atoms with E-state index in [2.05, 4.69) is 17.0 Å². The summed E-state index contributed by atoms with van der Waals surface area (Å²) in [6.45, 7) is 4.88. The van der Waals surface area contributed by atoms with Crippen LogP contribution in [-0.4, -0.2) is 27.0 Å². The monoisotopic (exact) mass is 458 g/mol. The van der Waals surface area contributed by atoms with E-state index in [0.29, 0.717) is 27.4 Å². The third kappa shape index (κ3) is 3.86. The molecule has 0 saturated heterocycles. The van der Waals surface area contributed by atoms with Gasteiger partial charge in [0, 0.05) is 17.7 Å². The summed E-state index contributed by atoms with van der Waals surface area (Å²) >= 11 is 1.24. The molecule has 7 heteroatoms. The predicted molar refractivity (Wildman–Crippen MR) is 133 cm³/mol. The number of unbranched alkanes of at least 4 members (excludes halogenated alkanes) is 4. The van der Waals surface area contributed by atoms with Crippen molar-refractivity contribution in [2.24, 2.45) is 0 Å². The van der Waals surface area contributed by atoms with Gasteiger partial charge in [0.25, 0.3) is 11.5 Å². The number of aromatic nitrogens is 3. The zero-order valence-corrected chi connectivity index (χ0v) is 19.7. The number of carbonyl (C=O) groups excluding carboxylic acids is 1. The number of hydrogen-bond donors (Lipinski definition) is 0. The number of fused-ring (bicyclic) bond motifs is 2. The minimum atomic E-state index is -0.288. The third-order valence-electron chi connectivity index (χ3n) is 6.10. The van der Waals surface area contributed by atoms with Gasteiger partial charge < -0.3 is 4.90 Å². The molecule has 0 spiro atoms. The molecule has 6 nitrogen and oxygen atoms in total.